The third kappa shape index (κ3) is 4.79. The van der Waals surface area contributed by atoms with Gasteiger partial charge >= 0.3 is 6.03 Å². The molecule has 2 aromatic rings. The number of nitrogens with zero attached hydrogens (tertiary/aromatic N) is 2. The molecule has 152 valence electrons. The van der Waals surface area contributed by atoms with Crippen molar-refractivity contribution < 1.29 is 9.59 Å². The van der Waals surface area contributed by atoms with E-state index in [9.17, 15) is 9.59 Å². The highest BCUT2D eigenvalue weighted by Crippen LogP contribution is 2.31. The number of nitrogens with one attached hydrogen (secondary N) is 4. The molecular formula is C18H26ClN7O2. The van der Waals surface area contributed by atoms with E-state index in [1.165, 1.54) is 0 Å². The predicted molar refractivity (Wildman–Crippen MR) is 109 cm³/mol. The molecule has 0 aliphatic heterocycles. The molecule has 1 aromatic heterocycles. The highest BCUT2D eigenvalue weighted by molar-refractivity contribution is 6.00. The van der Waals surface area contributed by atoms with Gasteiger partial charge in [-0.15, -0.1) is 12.4 Å². The molecule has 0 bridgehead atoms. The summed E-state index contributed by atoms with van der Waals surface area (Å²) in [6.45, 7) is 2.65. The summed E-state index contributed by atoms with van der Waals surface area (Å²) in [7, 11) is 0. The Hall–Kier alpha value is -2.65. The highest BCUT2D eigenvalue weighted by atomic mass is 35.5. The minimum absolute atomic E-state index is 0. The number of aromatic amines is 1. The van der Waals surface area contributed by atoms with E-state index < -0.39 is 5.54 Å². The van der Waals surface area contributed by atoms with Crippen molar-refractivity contribution in [3.8, 4) is 11.4 Å². The standard InChI is InChI=1S/C18H25N7O2.ClH/c1-2-20-17(27)23-18(9-3-4-10-18)16(26)21-13-7-5-12(6-8-13)15-22-14(11-19)24-25-15;/h5-8H,2-4,9-11,19H2,1H3,(H,21,26)(H2,20,23,27)(H,22,24,25);1H. The maximum absolute atomic E-state index is 12.9. The van der Waals surface area contributed by atoms with Gasteiger partial charge in [0, 0.05) is 17.8 Å². The molecule has 3 amide bonds. The Morgan fingerprint density at radius 3 is 2.46 bits per heavy atom. The van der Waals surface area contributed by atoms with Crippen molar-refractivity contribution in [3.63, 3.8) is 0 Å². The Bertz CT molecular complexity index is 801. The van der Waals surface area contributed by atoms with Gasteiger partial charge in [-0.1, -0.05) is 12.8 Å². The molecule has 6 N–H and O–H groups in total. The number of rotatable bonds is 6. The maximum atomic E-state index is 12.9. The van der Waals surface area contributed by atoms with Gasteiger partial charge in [-0.3, -0.25) is 9.89 Å². The summed E-state index contributed by atoms with van der Waals surface area (Å²) in [6.07, 6.45) is 3.08. The summed E-state index contributed by atoms with van der Waals surface area (Å²) in [6, 6.07) is 6.93. The van der Waals surface area contributed by atoms with E-state index in [-0.39, 0.29) is 24.3 Å². The van der Waals surface area contributed by atoms with E-state index in [1.807, 2.05) is 19.1 Å². The van der Waals surface area contributed by atoms with Crippen LogP contribution in [-0.4, -0.2) is 39.2 Å². The number of nitrogens with two attached hydrogens (primary N) is 1. The molecule has 1 saturated carbocycles. The quantitative estimate of drug-likeness (QED) is 0.498. The van der Waals surface area contributed by atoms with Crippen LogP contribution in [0.3, 0.4) is 0 Å². The van der Waals surface area contributed by atoms with Gasteiger partial charge in [-0.05, 0) is 44.0 Å². The molecule has 3 rings (SSSR count). The van der Waals surface area contributed by atoms with Crippen molar-refractivity contribution in [2.24, 2.45) is 5.73 Å². The monoisotopic (exact) mass is 407 g/mol. The van der Waals surface area contributed by atoms with Crippen LogP contribution in [0.15, 0.2) is 24.3 Å². The van der Waals surface area contributed by atoms with Crippen LogP contribution in [0.4, 0.5) is 10.5 Å². The van der Waals surface area contributed by atoms with Crippen molar-refractivity contribution in [1.82, 2.24) is 25.8 Å². The number of aromatic nitrogens is 3. The lowest BCUT2D eigenvalue weighted by Gasteiger charge is -2.29. The van der Waals surface area contributed by atoms with Crippen molar-refractivity contribution in [3.05, 3.63) is 30.1 Å². The third-order valence-corrected chi connectivity index (χ3v) is 4.71. The van der Waals surface area contributed by atoms with E-state index in [1.54, 1.807) is 12.1 Å². The molecule has 0 radical (unpaired) electrons. The molecular weight excluding hydrogens is 382 g/mol. The molecule has 9 nitrogen and oxygen atoms in total. The minimum Gasteiger partial charge on any atom is -0.338 e. The van der Waals surface area contributed by atoms with Gasteiger partial charge in [-0.2, -0.15) is 5.10 Å². The van der Waals surface area contributed by atoms with E-state index >= 15 is 0 Å². The number of anilines is 1. The Kier molecular flexibility index (Phi) is 7.36. The predicted octanol–water partition coefficient (Wildman–Crippen LogP) is 1.92. The Morgan fingerprint density at radius 1 is 1.21 bits per heavy atom. The van der Waals surface area contributed by atoms with Crippen molar-refractivity contribution in [1.29, 1.82) is 0 Å². The fraction of sp³-hybridized carbons (Fsp3) is 0.444. The molecule has 0 atom stereocenters. The normalized spacial score (nSPS) is 14.8. The number of hydrogen-bond donors (Lipinski definition) is 5. The largest absolute Gasteiger partial charge is 0.338 e. The highest BCUT2D eigenvalue weighted by Gasteiger charge is 2.42. The SMILES string of the molecule is CCNC(=O)NC1(C(=O)Nc2ccc(-c3n[nH]c(CN)n3)cc2)CCCC1.Cl. The van der Waals surface area contributed by atoms with Crippen LogP contribution in [0.2, 0.25) is 0 Å². The molecule has 1 aliphatic rings. The zero-order valence-electron chi connectivity index (χ0n) is 15.7. The number of carbonyl (C=O) groups is 2. The molecule has 0 unspecified atom stereocenters. The van der Waals surface area contributed by atoms with Crippen molar-refractivity contribution >= 4 is 30.0 Å². The average Bonchev–Trinajstić information content (AvgIpc) is 3.32. The summed E-state index contributed by atoms with van der Waals surface area (Å²) in [5.74, 6) is 0.975. The first-order valence-corrected chi connectivity index (χ1v) is 9.15. The lowest BCUT2D eigenvalue weighted by molar-refractivity contribution is -0.121. The molecule has 1 fully saturated rings. The number of carbonyl (C=O) groups excluding carboxylic acids is 2. The Labute approximate surface area is 169 Å². The molecule has 1 aromatic carbocycles. The number of H-pyrrole nitrogens is 1. The van der Waals surface area contributed by atoms with Crippen LogP contribution in [0.25, 0.3) is 11.4 Å². The second kappa shape index (κ2) is 9.52. The number of halogens is 1. The Morgan fingerprint density at radius 2 is 1.89 bits per heavy atom. The van der Waals surface area contributed by atoms with Crippen LogP contribution >= 0.6 is 12.4 Å². The number of hydrogen-bond acceptors (Lipinski definition) is 5. The molecule has 1 aliphatic carbocycles. The van der Waals surface area contributed by atoms with Crippen molar-refractivity contribution in [2.75, 3.05) is 11.9 Å². The third-order valence-electron chi connectivity index (χ3n) is 4.71. The van der Waals surface area contributed by atoms with E-state index in [4.69, 9.17) is 5.73 Å². The van der Waals surface area contributed by atoms with Gasteiger partial charge < -0.3 is 21.7 Å². The van der Waals surface area contributed by atoms with Gasteiger partial charge in [0.05, 0.1) is 6.54 Å². The van der Waals surface area contributed by atoms with Crippen molar-refractivity contribution in [2.45, 2.75) is 44.7 Å². The first-order valence-electron chi connectivity index (χ1n) is 9.15. The van der Waals surface area contributed by atoms with Crippen LogP contribution < -0.4 is 21.7 Å². The lowest BCUT2D eigenvalue weighted by Crippen LogP contribution is -2.57. The van der Waals surface area contributed by atoms with Crippen LogP contribution in [0.5, 0.6) is 0 Å². The fourth-order valence-corrected chi connectivity index (χ4v) is 3.28. The summed E-state index contributed by atoms with van der Waals surface area (Å²) < 4.78 is 0. The fourth-order valence-electron chi connectivity index (χ4n) is 3.28. The van der Waals surface area contributed by atoms with E-state index in [2.05, 4.69) is 31.1 Å². The van der Waals surface area contributed by atoms with Crippen LogP contribution in [0, 0.1) is 0 Å². The van der Waals surface area contributed by atoms with Gasteiger partial charge in [0.15, 0.2) is 5.82 Å². The number of benzene rings is 1. The van der Waals surface area contributed by atoms with Crippen LogP contribution in [0.1, 0.15) is 38.4 Å². The summed E-state index contributed by atoms with van der Waals surface area (Å²) in [5, 5.41) is 15.4. The summed E-state index contributed by atoms with van der Waals surface area (Å²) >= 11 is 0. The van der Waals surface area contributed by atoms with Crippen LogP contribution in [-0.2, 0) is 11.3 Å². The summed E-state index contributed by atoms with van der Waals surface area (Å²) in [4.78, 5) is 29.1. The molecule has 0 saturated heterocycles. The molecule has 10 heteroatoms. The topological polar surface area (TPSA) is 138 Å². The zero-order valence-corrected chi connectivity index (χ0v) is 16.6. The van der Waals surface area contributed by atoms with Gasteiger partial charge in [-0.25, -0.2) is 9.78 Å². The van der Waals surface area contributed by atoms with Gasteiger partial charge in [0.1, 0.15) is 11.4 Å². The second-order valence-electron chi connectivity index (χ2n) is 6.61. The smallest absolute Gasteiger partial charge is 0.315 e. The second-order valence-corrected chi connectivity index (χ2v) is 6.61. The maximum Gasteiger partial charge on any atom is 0.315 e. The minimum atomic E-state index is -0.863. The first kappa shape index (κ1) is 21.6. The van der Waals surface area contributed by atoms with Gasteiger partial charge in [0.25, 0.3) is 0 Å². The lowest BCUT2D eigenvalue weighted by atomic mass is 9.96. The summed E-state index contributed by atoms with van der Waals surface area (Å²) in [5.41, 5.74) is 6.14. The number of urea groups is 1. The molecule has 28 heavy (non-hydrogen) atoms. The van der Waals surface area contributed by atoms with E-state index in [0.29, 0.717) is 43.3 Å². The van der Waals surface area contributed by atoms with Gasteiger partial charge in [0.2, 0.25) is 5.91 Å². The zero-order chi connectivity index (χ0) is 19.3. The first-order chi connectivity index (χ1) is 13.1. The number of amides is 3. The average molecular weight is 408 g/mol. The molecule has 0 spiro atoms. The molecule has 1 heterocycles. The Balaban J connectivity index is 0.00000280. The van der Waals surface area contributed by atoms with E-state index in [0.717, 1.165) is 18.4 Å².